The molecule has 0 unspecified atom stereocenters. The van der Waals surface area contributed by atoms with E-state index in [0.29, 0.717) is 19.5 Å². The molecule has 5 nitrogen and oxygen atoms in total. The van der Waals surface area contributed by atoms with Gasteiger partial charge in [0, 0.05) is 25.6 Å². The quantitative estimate of drug-likeness (QED) is 0.748. The number of aliphatic carboxylic acids is 1. The van der Waals surface area contributed by atoms with Crippen LogP contribution in [-0.2, 0) is 4.79 Å². The van der Waals surface area contributed by atoms with Crippen LogP contribution < -0.4 is 5.32 Å². The maximum atomic E-state index is 12.0. The van der Waals surface area contributed by atoms with Gasteiger partial charge in [0.05, 0.1) is 0 Å². The molecule has 0 rings (SSSR count). The van der Waals surface area contributed by atoms with Gasteiger partial charge >= 0.3 is 12.0 Å². The molecule has 0 aliphatic rings. The van der Waals surface area contributed by atoms with Gasteiger partial charge in [0.15, 0.2) is 0 Å². The van der Waals surface area contributed by atoms with Crippen LogP contribution in [0.25, 0.3) is 0 Å². The predicted octanol–water partition coefficient (Wildman–Crippen LogP) is 2.71. The number of hydrogen-bond acceptors (Lipinski definition) is 2. The van der Waals surface area contributed by atoms with Crippen LogP contribution in [0.4, 0.5) is 4.79 Å². The Morgan fingerprint density at radius 2 is 1.84 bits per heavy atom. The molecule has 0 aromatic heterocycles. The maximum absolute atomic E-state index is 12.0. The van der Waals surface area contributed by atoms with Crippen LogP contribution >= 0.6 is 0 Å². The Bertz CT molecular complexity index is 296. The lowest BCUT2D eigenvalue weighted by molar-refractivity contribution is -0.137. The summed E-state index contributed by atoms with van der Waals surface area (Å²) in [6.45, 7) is 11.4. The molecule has 0 saturated heterocycles. The zero-order valence-electron chi connectivity index (χ0n) is 12.8. The van der Waals surface area contributed by atoms with Crippen LogP contribution in [0.1, 0.15) is 53.9 Å². The van der Waals surface area contributed by atoms with E-state index >= 15 is 0 Å². The first-order chi connectivity index (χ1) is 8.63. The standard InChI is InChI=1S/C14H28N2O3/c1-11(2)16(10-6-7-12(17)18)13(19)15-9-8-14(3,4)5/h11H,6-10H2,1-5H3,(H,15,19)(H,17,18). The zero-order chi connectivity index (χ0) is 15.1. The lowest BCUT2D eigenvalue weighted by Gasteiger charge is -2.27. The second-order valence-electron chi connectivity index (χ2n) is 6.33. The Morgan fingerprint density at radius 3 is 2.26 bits per heavy atom. The third-order valence-electron chi connectivity index (χ3n) is 2.83. The van der Waals surface area contributed by atoms with Crippen LogP contribution in [-0.4, -0.2) is 41.1 Å². The van der Waals surface area contributed by atoms with Gasteiger partial charge in [-0.15, -0.1) is 0 Å². The molecule has 0 fully saturated rings. The summed E-state index contributed by atoms with van der Waals surface area (Å²) in [6, 6.07) is -0.0342. The summed E-state index contributed by atoms with van der Waals surface area (Å²) in [7, 11) is 0. The summed E-state index contributed by atoms with van der Waals surface area (Å²) in [6.07, 6.45) is 1.50. The second kappa shape index (κ2) is 8.02. The molecule has 0 aliphatic heterocycles. The van der Waals surface area contributed by atoms with Gasteiger partial charge in [-0.3, -0.25) is 4.79 Å². The Labute approximate surface area is 116 Å². The number of carboxylic acid groups (broad SMARTS) is 1. The number of rotatable bonds is 7. The Hall–Kier alpha value is -1.26. The largest absolute Gasteiger partial charge is 0.481 e. The molecular formula is C14H28N2O3. The fourth-order valence-electron chi connectivity index (χ4n) is 1.64. The number of amides is 2. The van der Waals surface area contributed by atoms with Crippen LogP contribution in [0.2, 0.25) is 0 Å². The summed E-state index contributed by atoms with van der Waals surface area (Å²) in [5.74, 6) is -0.822. The van der Waals surface area contributed by atoms with Crippen molar-refractivity contribution in [2.45, 2.75) is 59.9 Å². The first-order valence-electron chi connectivity index (χ1n) is 6.90. The van der Waals surface area contributed by atoms with Gasteiger partial charge in [0.25, 0.3) is 0 Å². The lowest BCUT2D eigenvalue weighted by Crippen LogP contribution is -2.45. The molecular weight excluding hydrogens is 244 g/mol. The van der Waals surface area contributed by atoms with Gasteiger partial charge in [-0.2, -0.15) is 0 Å². The molecule has 0 heterocycles. The topological polar surface area (TPSA) is 69.6 Å². The van der Waals surface area contributed by atoms with Crippen molar-refractivity contribution < 1.29 is 14.7 Å². The van der Waals surface area contributed by atoms with Crippen molar-refractivity contribution in [2.24, 2.45) is 5.41 Å². The normalized spacial score (nSPS) is 11.5. The third-order valence-corrected chi connectivity index (χ3v) is 2.83. The molecule has 19 heavy (non-hydrogen) atoms. The van der Waals surface area contributed by atoms with E-state index in [-0.39, 0.29) is 23.9 Å². The van der Waals surface area contributed by atoms with E-state index in [1.54, 1.807) is 4.90 Å². The average Bonchev–Trinajstić information content (AvgIpc) is 2.21. The van der Waals surface area contributed by atoms with E-state index in [9.17, 15) is 9.59 Å². The third kappa shape index (κ3) is 9.33. The molecule has 5 heteroatoms. The maximum Gasteiger partial charge on any atom is 0.317 e. The molecule has 0 bridgehead atoms. The number of carboxylic acids is 1. The molecule has 2 amide bonds. The molecule has 0 aromatic rings. The number of nitrogens with one attached hydrogen (secondary N) is 1. The van der Waals surface area contributed by atoms with Crippen molar-refractivity contribution >= 4 is 12.0 Å². The SMILES string of the molecule is CC(C)N(CCCC(=O)O)C(=O)NCCC(C)(C)C. The van der Waals surface area contributed by atoms with Gasteiger partial charge in [0.1, 0.15) is 0 Å². The van der Waals surface area contributed by atoms with E-state index < -0.39 is 5.97 Å². The highest BCUT2D eigenvalue weighted by molar-refractivity contribution is 5.74. The van der Waals surface area contributed by atoms with E-state index in [2.05, 4.69) is 26.1 Å². The molecule has 0 saturated carbocycles. The molecule has 0 aromatic carbocycles. The van der Waals surface area contributed by atoms with Crippen LogP contribution in [0.3, 0.4) is 0 Å². The highest BCUT2D eigenvalue weighted by atomic mass is 16.4. The van der Waals surface area contributed by atoms with Gasteiger partial charge < -0.3 is 15.3 Å². The monoisotopic (exact) mass is 272 g/mol. The zero-order valence-corrected chi connectivity index (χ0v) is 12.8. The van der Waals surface area contributed by atoms with Crippen LogP contribution in [0, 0.1) is 5.41 Å². The van der Waals surface area contributed by atoms with Gasteiger partial charge in [-0.05, 0) is 32.1 Å². The number of urea groups is 1. The minimum Gasteiger partial charge on any atom is -0.481 e. The van der Waals surface area contributed by atoms with Crippen molar-refractivity contribution in [2.75, 3.05) is 13.1 Å². The van der Waals surface area contributed by atoms with Crippen molar-refractivity contribution in [3.05, 3.63) is 0 Å². The van der Waals surface area contributed by atoms with E-state index in [1.165, 1.54) is 0 Å². The number of carbonyl (C=O) groups excluding carboxylic acids is 1. The molecule has 0 aliphatic carbocycles. The second-order valence-corrected chi connectivity index (χ2v) is 6.33. The highest BCUT2D eigenvalue weighted by Crippen LogP contribution is 2.17. The summed E-state index contributed by atoms with van der Waals surface area (Å²) >= 11 is 0. The predicted molar refractivity (Wildman–Crippen MR) is 76.2 cm³/mol. The summed E-state index contributed by atoms with van der Waals surface area (Å²) in [5.41, 5.74) is 0.194. The minimum absolute atomic E-state index is 0.0726. The van der Waals surface area contributed by atoms with Crippen molar-refractivity contribution in [1.82, 2.24) is 10.2 Å². The van der Waals surface area contributed by atoms with Crippen molar-refractivity contribution in [1.29, 1.82) is 0 Å². The number of carbonyl (C=O) groups is 2. The summed E-state index contributed by atoms with van der Waals surface area (Å²) in [5, 5.41) is 11.5. The molecule has 112 valence electrons. The van der Waals surface area contributed by atoms with Crippen molar-refractivity contribution in [3.63, 3.8) is 0 Å². The minimum atomic E-state index is -0.822. The highest BCUT2D eigenvalue weighted by Gasteiger charge is 2.17. The van der Waals surface area contributed by atoms with Crippen molar-refractivity contribution in [3.8, 4) is 0 Å². The summed E-state index contributed by atoms with van der Waals surface area (Å²) < 4.78 is 0. The van der Waals surface area contributed by atoms with Gasteiger partial charge in [-0.1, -0.05) is 20.8 Å². The van der Waals surface area contributed by atoms with Crippen LogP contribution in [0.5, 0.6) is 0 Å². The van der Waals surface area contributed by atoms with Gasteiger partial charge in [0.2, 0.25) is 0 Å². The number of nitrogens with zero attached hydrogens (tertiary/aromatic N) is 1. The molecule has 2 N–H and O–H groups in total. The van der Waals surface area contributed by atoms with Gasteiger partial charge in [-0.25, -0.2) is 4.79 Å². The fourth-order valence-corrected chi connectivity index (χ4v) is 1.64. The number of hydrogen-bond donors (Lipinski definition) is 2. The molecule has 0 spiro atoms. The summed E-state index contributed by atoms with van der Waals surface area (Å²) in [4.78, 5) is 24.2. The van der Waals surface area contributed by atoms with E-state index in [4.69, 9.17) is 5.11 Å². The average molecular weight is 272 g/mol. The van der Waals surface area contributed by atoms with Crippen LogP contribution in [0.15, 0.2) is 0 Å². The smallest absolute Gasteiger partial charge is 0.317 e. The first kappa shape index (κ1) is 17.7. The Balaban J connectivity index is 4.15. The lowest BCUT2D eigenvalue weighted by atomic mass is 9.92. The molecule has 0 atom stereocenters. The van der Waals surface area contributed by atoms with E-state index in [0.717, 1.165) is 6.42 Å². The molecule has 0 radical (unpaired) electrons. The fraction of sp³-hybridized carbons (Fsp3) is 0.857. The Kier molecular flexibility index (Phi) is 7.49. The van der Waals surface area contributed by atoms with E-state index in [1.807, 2.05) is 13.8 Å². The Morgan fingerprint density at radius 1 is 1.26 bits per heavy atom. The first-order valence-corrected chi connectivity index (χ1v) is 6.90.